The lowest BCUT2D eigenvalue weighted by molar-refractivity contribution is -0.115. The number of thiol groups is 1. The number of rotatable bonds is 1. The molecule has 19 heavy (non-hydrogen) atoms. The average Bonchev–Trinajstić information content (AvgIpc) is 2.60. The van der Waals surface area contributed by atoms with Gasteiger partial charge in [0.1, 0.15) is 0 Å². The normalized spacial score (nSPS) is 14.1. The van der Waals surface area contributed by atoms with Crippen molar-refractivity contribution >= 4 is 29.9 Å². The van der Waals surface area contributed by atoms with Gasteiger partial charge in [-0.2, -0.15) is 0 Å². The van der Waals surface area contributed by atoms with Crippen LogP contribution in [0.15, 0.2) is 47.4 Å². The van der Waals surface area contributed by atoms with Crippen LogP contribution in [0.1, 0.15) is 6.42 Å². The third-order valence-electron chi connectivity index (χ3n) is 3.17. The molecule has 0 saturated carbocycles. The van der Waals surface area contributed by atoms with E-state index in [0.29, 0.717) is 13.0 Å². The van der Waals surface area contributed by atoms with E-state index in [1.807, 2.05) is 36.4 Å². The van der Waals surface area contributed by atoms with E-state index in [2.05, 4.69) is 29.3 Å². The van der Waals surface area contributed by atoms with Gasteiger partial charge < -0.3 is 10.6 Å². The average molecular weight is 270 g/mol. The van der Waals surface area contributed by atoms with Crippen molar-refractivity contribution in [3.8, 4) is 11.1 Å². The number of carbonyl (C=O) groups excluding carboxylic acids is 1. The number of hydrogen-bond donors (Lipinski definition) is 3. The van der Waals surface area contributed by atoms with E-state index in [0.717, 1.165) is 27.4 Å². The van der Waals surface area contributed by atoms with Crippen LogP contribution in [0.5, 0.6) is 0 Å². The number of amides is 1. The zero-order valence-electron chi connectivity index (χ0n) is 10.3. The third kappa shape index (κ3) is 2.44. The molecule has 96 valence electrons. The zero-order chi connectivity index (χ0) is 13.2. The first-order valence-electron chi connectivity index (χ1n) is 6.20. The van der Waals surface area contributed by atoms with Crippen LogP contribution in [0.2, 0.25) is 0 Å². The topological polar surface area (TPSA) is 41.1 Å². The molecule has 0 atom stereocenters. The van der Waals surface area contributed by atoms with Crippen LogP contribution < -0.4 is 10.6 Å². The van der Waals surface area contributed by atoms with Crippen LogP contribution in [0.4, 0.5) is 11.4 Å². The Morgan fingerprint density at radius 3 is 2.63 bits per heavy atom. The summed E-state index contributed by atoms with van der Waals surface area (Å²) >= 11 is 4.30. The van der Waals surface area contributed by atoms with Crippen molar-refractivity contribution in [1.82, 2.24) is 0 Å². The fraction of sp³-hybridized carbons (Fsp3) is 0.133. The van der Waals surface area contributed by atoms with E-state index in [9.17, 15) is 4.79 Å². The van der Waals surface area contributed by atoms with E-state index in [4.69, 9.17) is 0 Å². The SMILES string of the molecule is O=C1CCNc2c(cccc2-c2ccc(S)cc2)N1. The van der Waals surface area contributed by atoms with Crippen LogP contribution in [0.25, 0.3) is 11.1 Å². The Bertz CT molecular complexity index is 623. The highest BCUT2D eigenvalue weighted by Crippen LogP contribution is 2.35. The third-order valence-corrected chi connectivity index (χ3v) is 3.47. The van der Waals surface area contributed by atoms with Gasteiger partial charge in [-0.05, 0) is 23.8 Å². The van der Waals surface area contributed by atoms with Crippen molar-refractivity contribution in [2.45, 2.75) is 11.3 Å². The van der Waals surface area contributed by atoms with Gasteiger partial charge in [-0.15, -0.1) is 12.6 Å². The Labute approximate surface area is 117 Å². The molecule has 0 unspecified atom stereocenters. The van der Waals surface area contributed by atoms with Crippen LogP contribution in [-0.4, -0.2) is 12.5 Å². The fourth-order valence-corrected chi connectivity index (χ4v) is 2.39. The zero-order valence-corrected chi connectivity index (χ0v) is 11.2. The highest BCUT2D eigenvalue weighted by molar-refractivity contribution is 7.80. The molecule has 0 spiro atoms. The summed E-state index contributed by atoms with van der Waals surface area (Å²) in [7, 11) is 0. The Morgan fingerprint density at radius 2 is 1.84 bits per heavy atom. The summed E-state index contributed by atoms with van der Waals surface area (Å²) in [6.07, 6.45) is 0.490. The minimum Gasteiger partial charge on any atom is -0.382 e. The second-order valence-electron chi connectivity index (χ2n) is 4.50. The molecule has 0 aromatic heterocycles. The standard InChI is InChI=1S/C15H14N2OS/c18-14-8-9-16-15-12(2-1-3-13(15)17-14)10-4-6-11(19)7-5-10/h1-7,16,19H,8-9H2,(H,17,18). The van der Waals surface area contributed by atoms with Crippen LogP contribution in [0.3, 0.4) is 0 Å². The summed E-state index contributed by atoms with van der Waals surface area (Å²) in [5.41, 5.74) is 4.03. The lowest BCUT2D eigenvalue weighted by atomic mass is 10.0. The van der Waals surface area contributed by atoms with Crippen molar-refractivity contribution in [2.24, 2.45) is 0 Å². The highest BCUT2D eigenvalue weighted by Gasteiger charge is 2.15. The van der Waals surface area contributed by atoms with E-state index in [1.54, 1.807) is 0 Å². The number of fused-ring (bicyclic) bond motifs is 1. The second kappa shape index (κ2) is 4.97. The number of nitrogens with one attached hydrogen (secondary N) is 2. The molecule has 0 aliphatic carbocycles. The maximum absolute atomic E-state index is 11.6. The van der Waals surface area contributed by atoms with Gasteiger partial charge in [0.05, 0.1) is 11.4 Å². The summed E-state index contributed by atoms with van der Waals surface area (Å²) < 4.78 is 0. The Morgan fingerprint density at radius 1 is 1.05 bits per heavy atom. The van der Waals surface area contributed by atoms with Gasteiger partial charge in [0, 0.05) is 23.4 Å². The first kappa shape index (κ1) is 12.1. The Balaban J connectivity index is 2.10. The number of benzene rings is 2. The summed E-state index contributed by atoms with van der Waals surface area (Å²) in [4.78, 5) is 12.5. The first-order valence-corrected chi connectivity index (χ1v) is 6.65. The van der Waals surface area contributed by atoms with Gasteiger partial charge in [-0.3, -0.25) is 4.79 Å². The molecule has 4 heteroatoms. The van der Waals surface area contributed by atoms with Crippen molar-refractivity contribution in [2.75, 3.05) is 17.2 Å². The molecule has 1 heterocycles. The quantitative estimate of drug-likeness (QED) is 0.695. The maximum Gasteiger partial charge on any atom is 0.226 e. The molecule has 2 aromatic rings. The molecule has 2 N–H and O–H groups in total. The lowest BCUT2D eigenvalue weighted by Gasteiger charge is -2.13. The number of anilines is 2. The van der Waals surface area contributed by atoms with Gasteiger partial charge in [0.25, 0.3) is 0 Å². The molecule has 2 aromatic carbocycles. The van der Waals surface area contributed by atoms with Crippen LogP contribution >= 0.6 is 12.6 Å². The van der Waals surface area contributed by atoms with Gasteiger partial charge in [-0.25, -0.2) is 0 Å². The van der Waals surface area contributed by atoms with E-state index < -0.39 is 0 Å². The van der Waals surface area contributed by atoms with E-state index >= 15 is 0 Å². The summed E-state index contributed by atoms with van der Waals surface area (Å²) in [6, 6.07) is 13.9. The smallest absolute Gasteiger partial charge is 0.226 e. The second-order valence-corrected chi connectivity index (χ2v) is 5.02. The molecule has 0 radical (unpaired) electrons. The van der Waals surface area contributed by atoms with Gasteiger partial charge in [0.15, 0.2) is 0 Å². The van der Waals surface area contributed by atoms with Gasteiger partial charge in [0.2, 0.25) is 5.91 Å². The highest BCUT2D eigenvalue weighted by atomic mass is 32.1. The molecule has 0 fully saturated rings. The molecule has 1 amide bonds. The lowest BCUT2D eigenvalue weighted by Crippen LogP contribution is -2.10. The van der Waals surface area contributed by atoms with Crippen LogP contribution in [-0.2, 0) is 4.79 Å². The molecule has 0 saturated heterocycles. The number of hydrogen-bond acceptors (Lipinski definition) is 3. The summed E-state index contributed by atoms with van der Waals surface area (Å²) in [6.45, 7) is 0.653. The van der Waals surface area contributed by atoms with Crippen molar-refractivity contribution in [1.29, 1.82) is 0 Å². The largest absolute Gasteiger partial charge is 0.382 e. The fourth-order valence-electron chi connectivity index (χ4n) is 2.24. The molecule has 0 bridgehead atoms. The summed E-state index contributed by atoms with van der Waals surface area (Å²) in [5, 5.41) is 6.26. The van der Waals surface area contributed by atoms with Gasteiger partial charge >= 0.3 is 0 Å². The molecular weight excluding hydrogens is 256 g/mol. The minimum atomic E-state index is 0.0501. The van der Waals surface area contributed by atoms with Crippen molar-refractivity contribution in [3.63, 3.8) is 0 Å². The Kier molecular flexibility index (Phi) is 3.17. The summed E-state index contributed by atoms with van der Waals surface area (Å²) in [5.74, 6) is 0.0501. The molecule has 1 aliphatic rings. The van der Waals surface area contributed by atoms with Crippen molar-refractivity contribution < 1.29 is 4.79 Å². The minimum absolute atomic E-state index is 0.0501. The number of carbonyl (C=O) groups is 1. The predicted octanol–water partition coefficient (Wildman–Crippen LogP) is 3.40. The molecule has 3 rings (SSSR count). The van der Waals surface area contributed by atoms with Crippen LogP contribution in [0, 0.1) is 0 Å². The molecule has 3 nitrogen and oxygen atoms in total. The maximum atomic E-state index is 11.6. The Hall–Kier alpha value is -1.94. The monoisotopic (exact) mass is 270 g/mol. The predicted molar refractivity (Wildman–Crippen MR) is 80.9 cm³/mol. The van der Waals surface area contributed by atoms with E-state index in [-0.39, 0.29) is 5.91 Å². The van der Waals surface area contributed by atoms with Gasteiger partial charge in [-0.1, -0.05) is 24.3 Å². The first-order chi connectivity index (χ1) is 9.24. The molecular formula is C15H14N2OS. The number of para-hydroxylation sites is 1. The van der Waals surface area contributed by atoms with E-state index in [1.165, 1.54) is 0 Å². The van der Waals surface area contributed by atoms with Crippen molar-refractivity contribution in [3.05, 3.63) is 42.5 Å². The molecule has 1 aliphatic heterocycles.